The Morgan fingerprint density at radius 1 is 1.29 bits per heavy atom. The molecule has 0 saturated carbocycles. The van der Waals surface area contributed by atoms with Gasteiger partial charge in [-0.1, -0.05) is 44.4 Å². The third-order valence-corrected chi connectivity index (χ3v) is 3.25. The molecule has 0 unspecified atom stereocenters. The lowest BCUT2D eigenvalue weighted by Gasteiger charge is -2.14. The summed E-state index contributed by atoms with van der Waals surface area (Å²) in [7, 11) is 0. The summed E-state index contributed by atoms with van der Waals surface area (Å²) < 4.78 is 13.3. The van der Waals surface area contributed by atoms with Gasteiger partial charge in [0.2, 0.25) is 0 Å². The Hall–Kier alpha value is -0.890. The van der Waals surface area contributed by atoms with Crippen LogP contribution in [-0.2, 0) is 0 Å². The largest absolute Gasteiger partial charge is 0.294 e. The van der Waals surface area contributed by atoms with E-state index in [-0.39, 0.29) is 16.7 Å². The Bertz CT molecular complexity index is 384. The van der Waals surface area contributed by atoms with Crippen LogP contribution in [0.25, 0.3) is 0 Å². The minimum atomic E-state index is -0.524. The molecule has 0 saturated heterocycles. The molecule has 17 heavy (non-hydrogen) atoms. The van der Waals surface area contributed by atoms with Crippen LogP contribution in [0.5, 0.6) is 0 Å². The summed E-state index contributed by atoms with van der Waals surface area (Å²) >= 11 is 5.84. The molecule has 1 aromatic rings. The summed E-state index contributed by atoms with van der Waals surface area (Å²) in [6.07, 6.45) is 3.56. The van der Waals surface area contributed by atoms with Crippen LogP contribution in [0.4, 0.5) is 4.39 Å². The number of benzene rings is 1. The maximum atomic E-state index is 13.3. The summed E-state index contributed by atoms with van der Waals surface area (Å²) in [4.78, 5) is 12.2. The van der Waals surface area contributed by atoms with Gasteiger partial charge >= 0.3 is 0 Å². The second-order valence-corrected chi connectivity index (χ2v) is 4.62. The predicted octanol–water partition coefficient (Wildman–Crippen LogP) is 4.88. The first kappa shape index (κ1) is 14.2. The van der Waals surface area contributed by atoms with Crippen LogP contribution in [0.1, 0.15) is 49.9 Å². The third kappa shape index (κ3) is 3.53. The third-order valence-electron chi connectivity index (χ3n) is 2.86. The van der Waals surface area contributed by atoms with Gasteiger partial charge < -0.3 is 0 Å². The molecule has 0 aliphatic carbocycles. The zero-order chi connectivity index (χ0) is 12.8. The van der Waals surface area contributed by atoms with Crippen LogP contribution in [0.2, 0.25) is 5.02 Å². The normalized spacial score (nSPS) is 10.9. The Labute approximate surface area is 107 Å². The van der Waals surface area contributed by atoms with Crippen molar-refractivity contribution in [2.24, 2.45) is 5.92 Å². The molecule has 0 aromatic heterocycles. The molecule has 0 aliphatic rings. The standard InChI is InChI=1S/C14H18ClFO/c1-3-6-10(7-4-2)14(17)11-8-5-9-12(16)13(11)15/h5,8-10H,3-4,6-7H2,1-2H3. The van der Waals surface area contributed by atoms with Gasteiger partial charge in [-0.15, -0.1) is 0 Å². The topological polar surface area (TPSA) is 17.1 Å². The van der Waals surface area contributed by atoms with Gasteiger partial charge in [-0.2, -0.15) is 0 Å². The average molecular weight is 257 g/mol. The van der Waals surface area contributed by atoms with E-state index in [1.165, 1.54) is 12.1 Å². The molecule has 0 heterocycles. The quantitative estimate of drug-likeness (QED) is 0.663. The van der Waals surface area contributed by atoms with Crippen molar-refractivity contribution in [3.05, 3.63) is 34.6 Å². The molecule has 0 fully saturated rings. The zero-order valence-corrected chi connectivity index (χ0v) is 11.1. The number of ketones is 1. The van der Waals surface area contributed by atoms with E-state index in [0.717, 1.165) is 25.7 Å². The molecule has 1 aromatic carbocycles. The molecule has 0 radical (unpaired) electrons. The van der Waals surface area contributed by atoms with Crippen LogP contribution >= 0.6 is 11.6 Å². The van der Waals surface area contributed by atoms with Gasteiger partial charge in [-0.25, -0.2) is 4.39 Å². The fourth-order valence-electron chi connectivity index (χ4n) is 2.02. The lowest BCUT2D eigenvalue weighted by atomic mass is 9.90. The maximum absolute atomic E-state index is 13.3. The van der Waals surface area contributed by atoms with Crippen molar-refractivity contribution in [1.29, 1.82) is 0 Å². The molecule has 3 heteroatoms. The Balaban J connectivity index is 2.96. The predicted molar refractivity (Wildman–Crippen MR) is 69.0 cm³/mol. The molecule has 0 atom stereocenters. The Kier molecular flexibility index (Phi) is 5.63. The second kappa shape index (κ2) is 6.75. The molecular weight excluding hydrogens is 239 g/mol. The fraction of sp³-hybridized carbons (Fsp3) is 0.500. The Morgan fingerprint density at radius 3 is 2.41 bits per heavy atom. The summed E-state index contributed by atoms with van der Waals surface area (Å²) in [5.41, 5.74) is 0.318. The van der Waals surface area contributed by atoms with Crippen LogP contribution in [0.15, 0.2) is 18.2 Å². The number of Topliss-reactive ketones (excluding diaryl/α,β-unsaturated/α-hetero) is 1. The van der Waals surface area contributed by atoms with E-state index in [1.807, 2.05) is 13.8 Å². The van der Waals surface area contributed by atoms with Gasteiger partial charge in [0.25, 0.3) is 0 Å². The molecule has 94 valence electrons. The SMILES string of the molecule is CCCC(CCC)C(=O)c1cccc(F)c1Cl. The highest BCUT2D eigenvalue weighted by molar-refractivity contribution is 6.34. The molecule has 1 rings (SSSR count). The average Bonchev–Trinajstić information content (AvgIpc) is 2.31. The van der Waals surface area contributed by atoms with E-state index in [4.69, 9.17) is 11.6 Å². The van der Waals surface area contributed by atoms with Crippen molar-refractivity contribution < 1.29 is 9.18 Å². The molecule has 0 spiro atoms. The highest BCUT2D eigenvalue weighted by atomic mass is 35.5. The van der Waals surface area contributed by atoms with Crippen molar-refractivity contribution in [3.63, 3.8) is 0 Å². The first-order chi connectivity index (χ1) is 8.11. The molecule has 0 aliphatic heterocycles. The summed E-state index contributed by atoms with van der Waals surface area (Å²) in [6.45, 7) is 4.09. The number of hydrogen-bond acceptors (Lipinski definition) is 1. The van der Waals surface area contributed by atoms with Gasteiger partial charge in [0.1, 0.15) is 5.82 Å². The maximum Gasteiger partial charge on any atom is 0.167 e. The van der Waals surface area contributed by atoms with Crippen LogP contribution < -0.4 is 0 Å². The van der Waals surface area contributed by atoms with E-state index in [9.17, 15) is 9.18 Å². The Morgan fingerprint density at radius 2 is 1.88 bits per heavy atom. The molecular formula is C14H18ClFO. The minimum absolute atomic E-state index is 0.0294. The second-order valence-electron chi connectivity index (χ2n) is 4.24. The molecule has 0 N–H and O–H groups in total. The van der Waals surface area contributed by atoms with Gasteiger partial charge in [0.05, 0.1) is 5.02 Å². The van der Waals surface area contributed by atoms with Crippen LogP contribution in [0, 0.1) is 11.7 Å². The van der Waals surface area contributed by atoms with E-state index < -0.39 is 5.82 Å². The fourth-order valence-corrected chi connectivity index (χ4v) is 2.24. The molecule has 1 nitrogen and oxygen atoms in total. The van der Waals surface area contributed by atoms with Gasteiger partial charge in [0, 0.05) is 11.5 Å². The number of carbonyl (C=O) groups excluding carboxylic acids is 1. The number of hydrogen-bond donors (Lipinski definition) is 0. The van der Waals surface area contributed by atoms with Crippen LogP contribution in [-0.4, -0.2) is 5.78 Å². The highest BCUT2D eigenvalue weighted by Gasteiger charge is 2.21. The number of carbonyl (C=O) groups is 1. The van der Waals surface area contributed by atoms with Crippen molar-refractivity contribution in [2.75, 3.05) is 0 Å². The highest BCUT2D eigenvalue weighted by Crippen LogP contribution is 2.26. The number of rotatable bonds is 6. The van der Waals surface area contributed by atoms with Gasteiger partial charge in [-0.3, -0.25) is 4.79 Å². The van der Waals surface area contributed by atoms with Crippen molar-refractivity contribution in [3.8, 4) is 0 Å². The summed E-state index contributed by atoms with van der Waals surface area (Å²) in [6, 6.07) is 4.41. The molecule has 0 amide bonds. The monoisotopic (exact) mass is 256 g/mol. The first-order valence-corrected chi connectivity index (χ1v) is 6.47. The number of halogens is 2. The van der Waals surface area contributed by atoms with Gasteiger partial charge in [0.15, 0.2) is 5.78 Å². The zero-order valence-electron chi connectivity index (χ0n) is 10.3. The minimum Gasteiger partial charge on any atom is -0.294 e. The van der Waals surface area contributed by atoms with Crippen molar-refractivity contribution in [2.45, 2.75) is 39.5 Å². The van der Waals surface area contributed by atoms with Gasteiger partial charge in [-0.05, 0) is 25.0 Å². The summed E-state index contributed by atoms with van der Waals surface area (Å²) in [5.74, 6) is -0.591. The summed E-state index contributed by atoms with van der Waals surface area (Å²) in [5, 5.41) is -0.0466. The smallest absolute Gasteiger partial charge is 0.167 e. The van der Waals surface area contributed by atoms with Crippen molar-refractivity contribution >= 4 is 17.4 Å². The van der Waals surface area contributed by atoms with E-state index >= 15 is 0 Å². The van der Waals surface area contributed by atoms with E-state index in [2.05, 4.69) is 0 Å². The van der Waals surface area contributed by atoms with Crippen LogP contribution in [0.3, 0.4) is 0 Å². The first-order valence-electron chi connectivity index (χ1n) is 6.10. The van der Waals surface area contributed by atoms with E-state index in [0.29, 0.717) is 5.56 Å². The molecule has 0 bridgehead atoms. The lowest BCUT2D eigenvalue weighted by Crippen LogP contribution is -2.15. The van der Waals surface area contributed by atoms with Crippen molar-refractivity contribution in [1.82, 2.24) is 0 Å². The van der Waals surface area contributed by atoms with E-state index in [1.54, 1.807) is 6.07 Å². The lowest BCUT2D eigenvalue weighted by molar-refractivity contribution is 0.0904.